The first-order valence-electron chi connectivity index (χ1n) is 7.18. The molecule has 2 N–H and O–H groups in total. The summed E-state index contributed by atoms with van der Waals surface area (Å²) in [5.74, 6) is 0.226. The molecule has 2 aromatic rings. The minimum Gasteiger partial charge on any atom is -0.319 e. The Morgan fingerprint density at radius 3 is 3.00 bits per heavy atom. The molecule has 1 heterocycles. The number of nitrogens with two attached hydrogens (primary N) is 1. The lowest BCUT2D eigenvalue weighted by molar-refractivity contribution is 0.238. The van der Waals surface area contributed by atoms with E-state index >= 15 is 0 Å². The topological polar surface area (TPSA) is 38.9 Å². The molecule has 1 aromatic heterocycles. The van der Waals surface area contributed by atoms with E-state index in [-0.39, 0.29) is 10.6 Å². The Labute approximate surface area is 133 Å². The predicted octanol–water partition coefficient (Wildman–Crippen LogP) is 4.97. The largest absolute Gasteiger partial charge is 0.319 e. The fraction of sp³-hybridized carbons (Fsp3) is 0.438. The van der Waals surface area contributed by atoms with E-state index in [4.69, 9.17) is 22.3 Å². The van der Waals surface area contributed by atoms with Crippen molar-refractivity contribution in [2.45, 2.75) is 38.1 Å². The molecule has 21 heavy (non-hydrogen) atoms. The Bertz CT molecular complexity index is 657. The molecule has 1 aromatic carbocycles. The van der Waals surface area contributed by atoms with Crippen molar-refractivity contribution in [3.63, 3.8) is 0 Å². The minimum absolute atomic E-state index is 0.121. The van der Waals surface area contributed by atoms with E-state index in [2.05, 4.69) is 6.92 Å². The third-order valence-corrected chi connectivity index (χ3v) is 5.53. The van der Waals surface area contributed by atoms with Gasteiger partial charge in [-0.3, -0.25) is 0 Å². The second-order valence-corrected chi connectivity index (χ2v) is 7.29. The first kappa shape index (κ1) is 14.9. The van der Waals surface area contributed by atoms with Gasteiger partial charge in [-0.15, -0.1) is 11.3 Å². The van der Waals surface area contributed by atoms with Crippen LogP contribution in [0.4, 0.5) is 4.39 Å². The number of aromatic nitrogens is 1. The Balaban J connectivity index is 1.90. The van der Waals surface area contributed by atoms with Gasteiger partial charge in [-0.1, -0.05) is 31.4 Å². The van der Waals surface area contributed by atoms with Crippen molar-refractivity contribution in [3.8, 4) is 11.3 Å². The summed E-state index contributed by atoms with van der Waals surface area (Å²) in [7, 11) is 0. The van der Waals surface area contributed by atoms with Gasteiger partial charge in [0.15, 0.2) is 0 Å². The molecule has 2 nitrogen and oxygen atoms in total. The Hall–Kier alpha value is -0.970. The van der Waals surface area contributed by atoms with Crippen molar-refractivity contribution >= 4 is 22.9 Å². The highest BCUT2D eigenvalue weighted by Gasteiger charge is 2.35. The molecule has 0 saturated heterocycles. The van der Waals surface area contributed by atoms with Crippen LogP contribution in [0.2, 0.25) is 5.02 Å². The van der Waals surface area contributed by atoms with E-state index in [9.17, 15) is 4.39 Å². The van der Waals surface area contributed by atoms with Crippen LogP contribution >= 0.6 is 22.9 Å². The summed E-state index contributed by atoms with van der Waals surface area (Å²) in [4.78, 5) is 4.69. The van der Waals surface area contributed by atoms with Crippen molar-refractivity contribution in [3.05, 3.63) is 39.4 Å². The van der Waals surface area contributed by atoms with E-state index in [0.29, 0.717) is 5.92 Å². The maximum absolute atomic E-state index is 13.2. The highest BCUT2D eigenvalue weighted by Crippen LogP contribution is 2.40. The molecule has 3 rings (SSSR count). The molecule has 2 unspecified atom stereocenters. The SMILES string of the molecule is CC1CCCC(N)(c2nc(-c3ccc(F)c(Cl)c3)cs2)C1. The fourth-order valence-corrected chi connectivity index (χ4v) is 4.24. The summed E-state index contributed by atoms with van der Waals surface area (Å²) >= 11 is 7.43. The summed E-state index contributed by atoms with van der Waals surface area (Å²) < 4.78 is 13.2. The zero-order chi connectivity index (χ0) is 15.0. The lowest BCUT2D eigenvalue weighted by atomic mass is 9.77. The third kappa shape index (κ3) is 2.98. The molecule has 1 aliphatic carbocycles. The molecule has 5 heteroatoms. The molecule has 1 fully saturated rings. The first-order chi connectivity index (χ1) is 9.98. The van der Waals surface area contributed by atoms with Gasteiger partial charge in [0, 0.05) is 10.9 Å². The molecule has 0 amide bonds. The van der Waals surface area contributed by atoms with Crippen LogP contribution in [-0.4, -0.2) is 4.98 Å². The van der Waals surface area contributed by atoms with Gasteiger partial charge in [-0.2, -0.15) is 0 Å². The number of nitrogens with zero attached hydrogens (tertiary/aromatic N) is 1. The van der Waals surface area contributed by atoms with Crippen molar-refractivity contribution in [1.82, 2.24) is 4.98 Å². The number of thiazole rings is 1. The molecular formula is C16H18ClFN2S. The average molecular weight is 325 g/mol. The summed E-state index contributed by atoms with van der Waals surface area (Å²) in [6.45, 7) is 2.25. The van der Waals surface area contributed by atoms with E-state index in [1.165, 1.54) is 12.5 Å². The summed E-state index contributed by atoms with van der Waals surface area (Å²) in [6, 6.07) is 4.69. The number of hydrogen-bond donors (Lipinski definition) is 1. The lowest BCUT2D eigenvalue weighted by Gasteiger charge is -2.35. The fourth-order valence-electron chi connectivity index (χ4n) is 3.08. The van der Waals surface area contributed by atoms with Crippen LogP contribution in [0, 0.1) is 11.7 Å². The quantitative estimate of drug-likeness (QED) is 0.847. The normalized spacial score (nSPS) is 26.0. The molecule has 1 aliphatic rings. The predicted molar refractivity (Wildman–Crippen MR) is 86.0 cm³/mol. The smallest absolute Gasteiger partial charge is 0.141 e. The molecule has 0 aliphatic heterocycles. The van der Waals surface area contributed by atoms with Gasteiger partial charge >= 0.3 is 0 Å². The van der Waals surface area contributed by atoms with E-state index < -0.39 is 5.82 Å². The van der Waals surface area contributed by atoms with Gasteiger partial charge in [0.05, 0.1) is 16.3 Å². The molecule has 0 radical (unpaired) electrons. The zero-order valence-corrected chi connectivity index (χ0v) is 13.5. The summed E-state index contributed by atoms with van der Waals surface area (Å²) in [5.41, 5.74) is 7.91. The standard InChI is InChI=1S/C16H18ClFN2S/c1-10-3-2-6-16(19,8-10)15-20-14(9-21-15)11-4-5-13(18)12(17)7-11/h4-5,7,9-10H,2-3,6,8,19H2,1H3. The van der Waals surface area contributed by atoms with Crippen LogP contribution in [0.1, 0.15) is 37.6 Å². The van der Waals surface area contributed by atoms with E-state index in [1.807, 2.05) is 5.38 Å². The molecule has 0 spiro atoms. The van der Waals surface area contributed by atoms with Crippen LogP contribution < -0.4 is 5.73 Å². The number of hydrogen-bond acceptors (Lipinski definition) is 3. The van der Waals surface area contributed by atoms with Crippen LogP contribution in [-0.2, 0) is 5.54 Å². The molecular weight excluding hydrogens is 307 g/mol. The van der Waals surface area contributed by atoms with E-state index in [0.717, 1.165) is 35.5 Å². The Kier molecular flexibility index (Phi) is 4.04. The minimum atomic E-state index is -0.410. The Morgan fingerprint density at radius 1 is 1.48 bits per heavy atom. The summed E-state index contributed by atoms with van der Waals surface area (Å²) in [6.07, 6.45) is 4.35. The first-order valence-corrected chi connectivity index (χ1v) is 8.44. The maximum Gasteiger partial charge on any atom is 0.141 e. The molecule has 112 valence electrons. The van der Waals surface area contributed by atoms with Gasteiger partial charge in [0.2, 0.25) is 0 Å². The highest BCUT2D eigenvalue weighted by molar-refractivity contribution is 7.10. The number of halogens is 2. The zero-order valence-electron chi connectivity index (χ0n) is 11.9. The third-order valence-electron chi connectivity index (χ3n) is 4.18. The van der Waals surface area contributed by atoms with Crippen molar-refractivity contribution in [1.29, 1.82) is 0 Å². The average Bonchev–Trinajstić information content (AvgIpc) is 2.92. The number of rotatable bonds is 2. The van der Waals surface area contributed by atoms with Gasteiger partial charge < -0.3 is 5.73 Å². The van der Waals surface area contributed by atoms with Crippen molar-refractivity contribution in [2.75, 3.05) is 0 Å². The van der Waals surface area contributed by atoms with Crippen molar-refractivity contribution in [2.24, 2.45) is 11.7 Å². The van der Waals surface area contributed by atoms with Gasteiger partial charge in [0.25, 0.3) is 0 Å². The molecule has 2 atom stereocenters. The highest BCUT2D eigenvalue weighted by atomic mass is 35.5. The van der Waals surface area contributed by atoms with Crippen LogP contribution in [0.3, 0.4) is 0 Å². The summed E-state index contributed by atoms with van der Waals surface area (Å²) in [5, 5.41) is 3.08. The molecule has 0 bridgehead atoms. The van der Waals surface area contributed by atoms with Gasteiger partial charge in [-0.05, 0) is 37.0 Å². The monoisotopic (exact) mass is 324 g/mol. The molecule has 1 saturated carbocycles. The second-order valence-electron chi connectivity index (χ2n) is 6.02. The second kappa shape index (κ2) is 5.67. The van der Waals surface area contributed by atoms with Crippen LogP contribution in [0.15, 0.2) is 23.6 Å². The van der Waals surface area contributed by atoms with Crippen LogP contribution in [0.25, 0.3) is 11.3 Å². The number of benzene rings is 1. The maximum atomic E-state index is 13.2. The van der Waals surface area contributed by atoms with Gasteiger partial charge in [-0.25, -0.2) is 9.37 Å². The lowest BCUT2D eigenvalue weighted by Crippen LogP contribution is -2.40. The van der Waals surface area contributed by atoms with Crippen LogP contribution in [0.5, 0.6) is 0 Å². The van der Waals surface area contributed by atoms with E-state index in [1.54, 1.807) is 23.5 Å². The van der Waals surface area contributed by atoms with Gasteiger partial charge in [0.1, 0.15) is 10.8 Å². The van der Waals surface area contributed by atoms with Crippen molar-refractivity contribution < 1.29 is 4.39 Å². The Morgan fingerprint density at radius 2 is 2.29 bits per heavy atom.